The molecule has 1 fully saturated rings. The van der Waals surface area contributed by atoms with Gasteiger partial charge in [-0.1, -0.05) is 24.3 Å². The van der Waals surface area contributed by atoms with Gasteiger partial charge in [0, 0.05) is 44.0 Å². The number of anilines is 1. The molecule has 2 aromatic carbocycles. The third-order valence-electron chi connectivity index (χ3n) is 6.09. The fourth-order valence-corrected chi connectivity index (χ4v) is 4.49. The molecular weight excluding hydrogens is 401 g/mol. The van der Waals surface area contributed by atoms with Crippen LogP contribution in [-0.4, -0.2) is 40.5 Å². The zero-order valence-electron chi connectivity index (χ0n) is 18.4. The van der Waals surface area contributed by atoms with Crippen LogP contribution >= 0.6 is 0 Å². The second-order valence-corrected chi connectivity index (χ2v) is 8.53. The summed E-state index contributed by atoms with van der Waals surface area (Å²) in [5, 5.41) is 1.16. The van der Waals surface area contributed by atoms with Crippen molar-refractivity contribution in [3.05, 3.63) is 84.1 Å². The summed E-state index contributed by atoms with van der Waals surface area (Å²) < 4.78 is 13.5. The maximum absolute atomic E-state index is 13.5. The van der Waals surface area contributed by atoms with E-state index in [-0.39, 0.29) is 11.9 Å². The smallest absolute Gasteiger partial charge is 0.225 e. The molecule has 1 aliphatic heterocycles. The predicted molar refractivity (Wildman–Crippen MR) is 126 cm³/mol. The van der Waals surface area contributed by atoms with Crippen LogP contribution in [0.4, 0.5) is 10.3 Å². The summed E-state index contributed by atoms with van der Waals surface area (Å²) in [4.78, 5) is 18.4. The topological polar surface area (TPSA) is 45.2 Å². The highest BCUT2D eigenvalue weighted by molar-refractivity contribution is 5.78. The minimum atomic E-state index is -0.241. The van der Waals surface area contributed by atoms with Crippen molar-refractivity contribution in [1.82, 2.24) is 19.9 Å². The molecule has 0 saturated carbocycles. The van der Waals surface area contributed by atoms with E-state index in [1.165, 1.54) is 17.7 Å². The first-order chi connectivity index (χ1) is 15.6. The van der Waals surface area contributed by atoms with E-state index in [0.717, 1.165) is 53.7 Å². The van der Waals surface area contributed by atoms with Crippen molar-refractivity contribution in [3.63, 3.8) is 0 Å². The number of benzene rings is 2. The number of pyridine rings is 1. The minimum absolute atomic E-state index is 0.182. The first-order valence-corrected chi connectivity index (χ1v) is 11.0. The monoisotopic (exact) mass is 427 g/mol. The van der Waals surface area contributed by atoms with Crippen LogP contribution in [0, 0.1) is 5.82 Å². The lowest BCUT2D eigenvalue weighted by Gasteiger charge is -2.27. The first-order valence-electron chi connectivity index (χ1n) is 11.0. The van der Waals surface area contributed by atoms with Gasteiger partial charge in [0.1, 0.15) is 5.82 Å². The Kier molecular flexibility index (Phi) is 5.53. The number of halogens is 1. The zero-order chi connectivity index (χ0) is 22.1. The molecule has 0 amide bonds. The quantitative estimate of drug-likeness (QED) is 0.436. The molecule has 1 aliphatic rings. The Balaban J connectivity index is 1.51. The van der Waals surface area contributed by atoms with Gasteiger partial charge >= 0.3 is 0 Å². The van der Waals surface area contributed by atoms with Gasteiger partial charge in [-0.3, -0.25) is 9.88 Å². The second kappa shape index (κ2) is 8.63. The Morgan fingerprint density at radius 2 is 1.91 bits per heavy atom. The molecule has 4 aromatic rings. The summed E-state index contributed by atoms with van der Waals surface area (Å²) in [6.07, 6.45) is 5.85. The Hall–Kier alpha value is -3.38. The molecule has 6 heteroatoms. The van der Waals surface area contributed by atoms with Crippen molar-refractivity contribution in [2.75, 3.05) is 25.5 Å². The fourth-order valence-electron chi connectivity index (χ4n) is 4.49. The summed E-state index contributed by atoms with van der Waals surface area (Å²) in [6, 6.07) is 17.3. The summed E-state index contributed by atoms with van der Waals surface area (Å²) in [5.41, 5.74) is 5.20. The summed E-state index contributed by atoms with van der Waals surface area (Å²) in [7, 11) is 3.90. The molecule has 3 heterocycles. The number of rotatable bonds is 5. The van der Waals surface area contributed by atoms with E-state index in [2.05, 4.69) is 39.1 Å². The van der Waals surface area contributed by atoms with E-state index < -0.39 is 0 Å². The Labute approximate surface area is 187 Å². The maximum Gasteiger partial charge on any atom is 0.225 e. The summed E-state index contributed by atoms with van der Waals surface area (Å²) >= 11 is 0. The molecule has 0 spiro atoms. The molecular formula is C26H26FN5. The lowest BCUT2D eigenvalue weighted by molar-refractivity contribution is 0.245. The van der Waals surface area contributed by atoms with Crippen LogP contribution in [0.15, 0.2) is 67.0 Å². The molecule has 0 aliphatic carbocycles. The van der Waals surface area contributed by atoms with Crippen LogP contribution in [0.2, 0.25) is 0 Å². The predicted octanol–water partition coefficient (Wildman–Crippen LogP) is 5.23. The van der Waals surface area contributed by atoms with Gasteiger partial charge in [0.15, 0.2) is 0 Å². The van der Waals surface area contributed by atoms with Crippen LogP contribution in [-0.2, 0) is 6.54 Å². The Morgan fingerprint density at radius 1 is 1.06 bits per heavy atom. The molecule has 1 saturated heterocycles. The van der Waals surface area contributed by atoms with E-state index in [0.29, 0.717) is 5.95 Å². The van der Waals surface area contributed by atoms with E-state index in [1.807, 2.05) is 49.6 Å². The average Bonchev–Trinajstić information content (AvgIpc) is 3.27. The van der Waals surface area contributed by atoms with E-state index in [9.17, 15) is 4.39 Å². The highest BCUT2D eigenvalue weighted by Crippen LogP contribution is 2.38. The highest BCUT2D eigenvalue weighted by atomic mass is 19.1. The molecule has 2 aromatic heterocycles. The van der Waals surface area contributed by atoms with Gasteiger partial charge in [0.2, 0.25) is 5.95 Å². The normalized spacial score (nSPS) is 16.5. The van der Waals surface area contributed by atoms with Crippen LogP contribution in [0.3, 0.4) is 0 Å². The van der Waals surface area contributed by atoms with Gasteiger partial charge in [0.25, 0.3) is 0 Å². The Morgan fingerprint density at radius 3 is 2.72 bits per heavy atom. The third-order valence-corrected chi connectivity index (χ3v) is 6.09. The van der Waals surface area contributed by atoms with E-state index >= 15 is 0 Å². The lowest BCUT2D eigenvalue weighted by atomic mass is 9.99. The van der Waals surface area contributed by atoms with Crippen LogP contribution in [0.25, 0.3) is 22.0 Å². The second-order valence-electron chi connectivity index (χ2n) is 8.53. The van der Waals surface area contributed by atoms with Crippen LogP contribution in [0.5, 0.6) is 0 Å². The SMILES string of the molecule is CN(C)c1ncc(-c2ccc(F)cc2)c(C2CCCN2Cc2ccc3ncccc3c2)n1. The minimum Gasteiger partial charge on any atom is -0.347 e. The van der Waals surface area contributed by atoms with Crippen molar-refractivity contribution < 1.29 is 4.39 Å². The highest BCUT2D eigenvalue weighted by Gasteiger charge is 2.30. The fraction of sp³-hybridized carbons (Fsp3) is 0.269. The van der Waals surface area contributed by atoms with Crippen LogP contribution < -0.4 is 4.90 Å². The van der Waals surface area contributed by atoms with Gasteiger partial charge in [-0.25, -0.2) is 14.4 Å². The van der Waals surface area contributed by atoms with Crippen LogP contribution in [0.1, 0.15) is 30.1 Å². The molecule has 5 nitrogen and oxygen atoms in total. The van der Waals surface area contributed by atoms with Crippen molar-refractivity contribution in [1.29, 1.82) is 0 Å². The molecule has 5 rings (SSSR count). The number of nitrogens with zero attached hydrogens (tertiary/aromatic N) is 5. The molecule has 1 atom stereocenters. The molecule has 0 radical (unpaired) electrons. The number of aromatic nitrogens is 3. The zero-order valence-corrected chi connectivity index (χ0v) is 18.4. The van der Waals surface area contributed by atoms with Gasteiger partial charge in [-0.15, -0.1) is 0 Å². The summed E-state index contributed by atoms with van der Waals surface area (Å²) in [6.45, 7) is 1.86. The molecule has 0 bridgehead atoms. The molecule has 1 unspecified atom stereocenters. The standard InChI is InChI=1S/C26H26FN5/c1-31(2)26-29-16-22(19-8-10-21(27)11-9-19)25(30-26)24-6-4-14-32(24)17-18-7-12-23-20(15-18)5-3-13-28-23/h3,5,7-13,15-16,24H,4,6,14,17H2,1-2H3. The number of fused-ring (bicyclic) bond motifs is 1. The van der Waals surface area contributed by atoms with E-state index in [4.69, 9.17) is 4.98 Å². The third kappa shape index (κ3) is 4.06. The van der Waals surface area contributed by atoms with Crippen molar-refractivity contribution in [2.24, 2.45) is 0 Å². The van der Waals surface area contributed by atoms with Gasteiger partial charge in [-0.2, -0.15) is 0 Å². The maximum atomic E-state index is 13.5. The van der Waals surface area contributed by atoms with Crippen molar-refractivity contribution >= 4 is 16.9 Å². The van der Waals surface area contributed by atoms with Gasteiger partial charge < -0.3 is 4.90 Å². The number of likely N-dealkylation sites (tertiary alicyclic amines) is 1. The molecule has 0 N–H and O–H groups in total. The Bertz CT molecular complexity index is 1240. The molecule has 162 valence electrons. The molecule has 32 heavy (non-hydrogen) atoms. The van der Waals surface area contributed by atoms with Crippen molar-refractivity contribution in [2.45, 2.75) is 25.4 Å². The number of hydrogen-bond donors (Lipinski definition) is 0. The van der Waals surface area contributed by atoms with E-state index in [1.54, 1.807) is 0 Å². The first kappa shape index (κ1) is 20.5. The summed E-state index contributed by atoms with van der Waals surface area (Å²) in [5.74, 6) is 0.448. The van der Waals surface area contributed by atoms with Gasteiger partial charge in [-0.05, 0) is 60.8 Å². The lowest BCUT2D eigenvalue weighted by Crippen LogP contribution is -2.25. The van der Waals surface area contributed by atoms with Gasteiger partial charge in [0.05, 0.1) is 17.3 Å². The number of hydrogen-bond acceptors (Lipinski definition) is 5. The van der Waals surface area contributed by atoms with Crippen molar-refractivity contribution in [3.8, 4) is 11.1 Å². The largest absolute Gasteiger partial charge is 0.347 e. The average molecular weight is 428 g/mol.